The Labute approximate surface area is 105 Å². The molecule has 1 aliphatic rings. The van der Waals surface area contributed by atoms with Crippen molar-refractivity contribution in [1.29, 1.82) is 0 Å². The lowest BCUT2D eigenvalue weighted by molar-refractivity contribution is 0.510. The summed E-state index contributed by atoms with van der Waals surface area (Å²) in [5.41, 5.74) is 7.01. The summed E-state index contributed by atoms with van der Waals surface area (Å²) in [6.45, 7) is 0.366. The zero-order chi connectivity index (χ0) is 11.7. The maximum atomic E-state index is 5.60. The van der Waals surface area contributed by atoms with Gasteiger partial charge in [-0.05, 0) is 37.3 Å². The van der Waals surface area contributed by atoms with Gasteiger partial charge in [-0.3, -0.25) is 0 Å². The van der Waals surface area contributed by atoms with Gasteiger partial charge in [0.1, 0.15) is 0 Å². The predicted molar refractivity (Wildman–Crippen MR) is 69.0 cm³/mol. The highest BCUT2D eigenvalue weighted by Crippen LogP contribution is 2.35. The lowest BCUT2D eigenvalue weighted by atomic mass is 10.1. The van der Waals surface area contributed by atoms with E-state index < -0.39 is 0 Å². The lowest BCUT2D eigenvalue weighted by Crippen LogP contribution is -1.94. The number of aryl methyl sites for hydroxylation is 2. The van der Waals surface area contributed by atoms with Crippen LogP contribution in [0.15, 0.2) is 16.7 Å². The van der Waals surface area contributed by atoms with Gasteiger partial charge in [0.05, 0.1) is 17.6 Å². The van der Waals surface area contributed by atoms with E-state index >= 15 is 0 Å². The van der Waals surface area contributed by atoms with Crippen LogP contribution < -0.4 is 5.73 Å². The highest BCUT2D eigenvalue weighted by Gasteiger charge is 2.15. The molecule has 0 amide bonds. The molecule has 2 aromatic rings. The van der Waals surface area contributed by atoms with Crippen molar-refractivity contribution in [3.8, 4) is 10.6 Å². The summed E-state index contributed by atoms with van der Waals surface area (Å²) in [6, 6.07) is 2.27. The van der Waals surface area contributed by atoms with E-state index in [1.165, 1.54) is 47.4 Å². The van der Waals surface area contributed by atoms with E-state index in [1.54, 1.807) is 6.20 Å². The third kappa shape index (κ3) is 2.15. The van der Waals surface area contributed by atoms with Crippen LogP contribution in [0.3, 0.4) is 0 Å². The maximum Gasteiger partial charge on any atom is 0.208 e. The summed E-state index contributed by atoms with van der Waals surface area (Å²) in [4.78, 5) is 6.88. The van der Waals surface area contributed by atoms with Crippen molar-refractivity contribution < 1.29 is 4.42 Å². The molecule has 2 heterocycles. The summed E-state index contributed by atoms with van der Waals surface area (Å²) < 4.78 is 5.60. The molecule has 0 saturated heterocycles. The Bertz CT molecular complexity index is 492. The highest BCUT2D eigenvalue weighted by atomic mass is 32.1. The molecule has 0 unspecified atom stereocenters. The van der Waals surface area contributed by atoms with Gasteiger partial charge in [0.2, 0.25) is 5.89 Å². The smallest absolute Gasteiger partial charge is 0.208 e. The highest BCUT2D eigenvalue weighted by molar-refractivity contribution is 7.15. The van der Waals surface area contributed by atoms with Crippen molar-refractivity contribution in [2.75, 3.05) is 0 Å². The monoisotopic (exact) mass is 248 g/mol. The van der Waals surface area contributed by atoms with Gasteiger partial charge >= 0.3 is 0 Å². The van der Waals surface area contributed by atoms with Crippen molar-refractivity contribution in [2.24, 2.45) is 5.73 Å². The molecule has 3 nitrogen and oxygen atoms in total. The number of thiophene rings is 1. The van der Waals surface area contributed by atoms with Crippen LogP contribution in [0, 0.1) is 0 Å². The summed E-state index contributed by atoms with van der Waals surface area (Å²) in [7, 11) is 0. The predicted octanol–water partition coefficient (Wildman–Crippen LogP) is 3.13. The van der Waals surface area contributed by atoms with Crippen LogP contribution in [-0.4, -0.2) is 4.98 Å². The fraction of sp³-hybridized carbons (Fsp3) is 0.462. The van der Waals surface area contributed by atoms with Crippen LogP contribution in [0.2, 0.25) is 0 Å². The van der Waals surface area contributed by atoms with Crippen LogP contribution in [0.5, 0.6) is 0 Å². The number of rotatable bonds is 2. The van der Waals surface area contributed by atoms with Gasteiger partial charge in [-0.2, -0.15) is 0 Å². The minimum atomic E-state index is 0.366. The minimum absolute atomic E-state index is 0.366. The van der Waals surface area contributed by atoms with Gasteiger partial charge in [-0.25, -0.2) is 4.98 Å². The molecule has 90 valence electrons. The van der Waals surface area contributed by atoms with Crippen LogP contribution in [0.1, 0.15) is 35.6 Å². The minimum Gasteiger partial charge on any atom is -0.438 e. The molecule has 0 radical (unpaired) electrons. The van der Waals surface area contributed by atoms with Crippen molar-refractivity contribution in [3.63, 3.8) is 0 Å². The number of nitrogens with two attached hydrogens (primary N) is 1. The largest absolute Gasteiger partial charge is 0.438 e. The molecule has 0 bridgehead atoms. The molecule has 0 saturated carbocycles. The maximum absolute atomic E-state index is 5.60. The van der Waals surface area contributed by atoms with Crippen molar-refractivity contribution in [3.05, 3.63) is 28.6 Å². The van der Waals surface area contributed by atoms with E-state index in [0.29, 0.717) is 12.4 Å². The first-order valence-electron chi connectivity index (χ1n) is 6.13. The second-order valence-electron chi connectivity index (χ2n) is 4.44. The van der Waals surface area contributed by atoms with E-state index in [1.807, 2.05) is 11.3 Å². The molecular weight excluding hydrogens is 232 g/mol. The Kier molecular flexibility index (Phi) is 2.99. The quantitative estimate of drug-likeness (QED) is 0.831. The first kappa shape index (κ1) is 11.0. The molecule has 0 aliphatic heterocycles. The van der Waals surface area contributed by atoms with E-state index in [2.05, 4.69) is 11.1 Å². The fourth-order valence-electron chi connectivity index (χ4n) is 2.31. The normalized spacial score (nSPS) is 15.6. The topological polar surface area (TPSA) is 52.0 Å². The first-order valence-corrected chi connectivity index (χ1v) is 6.95. The Balaban J connectivity index is 1.93. The second-order valence-corrected chi connectivity index (χ2v) is 5.58. The molecule has 2 aromatic heterocycles. The molecule has 4 heteroatoms. The van der Waals surface area contributed by atoms with Crippen molar-refractivity contribution >= 4 is 11.3 Å². The number of hydrogen-bond donors (Lipinski definition) is 1. The van der Waals surface area contributed by atoms with Crippen LogP contribution >= 0.6 is 11.3 Å². The molecule has 0 fully saturated rings. The van der Waals surface area contributed by atoms with Gasteiger partial charge in [0.15, 0.2) is 5.76 Å². The van der Waals surface area contributed by atoms with E-state index in [0.717, 1.165) is 5.76 Å². The van der Waals surface area contributed by atoms with E-state index in [9.17, 15) is 0 Å². The van der Waals surface area contributed by atoms with Gasteiger partial charge in [0, 0.05) is 4.88 Å². The third-order valence-corrected chi connectivity index (χ3v) is 4.47. The van der Waals surface area contributed by atoms with Crippen molar-refractivity contribution in [1.82, 2.24) is 4.98 Å². The molecule has 0 atom stereocenters. The summed E-state index contributed by atoms with van der Waals surface area (Å²) >= 11 is 1.85. The first-order chi connectivity index (χ1) is 8.36. The Morgan fingerprint density at radius 3 is 3.00 bits per heavy atom. The number of oxazole rings is 1. The number of fused-ring (bicyclic) bond motifs is 1. The summed E-state index contributed by atoms with van der Waals surface area (Å²) in [6.07, 6.45) is 8.20. The average Bonchev–Trinajstić information content (AvgIpc) is 2.92. The Hall–Kier alpha value is -1.13. The summed E-state index contributed by atoms with van der Waals surface area (Å²) in [5.74, 6) is 1.48. The molecular formula is C13H16N2OS. The number of hydrogen-bond acceptors (Lipinski definition) is 4. The van der Waals surface area contributed by atoms with Gasteiger partial charge < -0.3 is 10.2 Å². The SMILES string of the molecule is NCc1ncc(-c2cc3c(s2)CCCCC3)o1. The van der Waals surface area contributed by atoms with Crippen LogP contribution in [0.25, 0.3) is 10.6 Å². The molecule has 2 N–H and O–H groups in total. The standard InChI is InChI=1S/C13H16N2OS/c14-7-13-15-8-10(16-13)12-6-9-4-2-1-3-5-11(9)17-12/h6,8H,1-5,7,14H2. The van der Waals surface area contributed by atoms with Crippen molar-refractivity contribution in [2.45, 2.75) is 38.6 Å². The molecule has 1 aliphatic carbocycles. The van der Waals surface area contributed by atoms with E-state index in [4.69, 9.17) is 10.2 Å². The van der Waals surface area contributed by atoms with Gasteiger partial charge in [0.25, 0.3) is 0 Å². The fourth-order valence-corrected chi connectivity index (χ4v) is 3.51. The number of aromatic nitrogens is 1. The average molecular weight is 248 g/mol. The third-order valence-electron chi connectivity index (χ3n) is 3.22. The number of nitrogens with zero attached hydrogens (tertiary/aromatic N) is 1. The zero-order valence-electron chi connectivity index (χ0n) is 9.74. The van der Waals surface area contributed by atoms with Gasteiger partial charge in [-0.15, -0.1) is 11.3 Å². The second kappa shape index (κ2) is 4.63. The molecule has 3 rings (SSSR count). The summed E-state index contributed by atoms with van der Waals surface area (Å²) in [5, 5.41) is 0. The molecule has 17 heavy (non-hydrogen) atoms. The Morgan fingerprint density at radius 1 is 1.29 bits per heavy atom. The Morgan fingerprint density at radius 2 is 2.18 bits per heavy atom. The van der Waals surface area contributed by atoms with Crippen LogP contribution in [-0.2, 0) is 19.4 Å². The zero-order valence-corrected chi connectivity index (χ0v) is 10.6. The lowest BCUT2D eigenvalue weighted by Gasteiger charge is -1.92. The van der Waals surface area contributed by atoms with E-state index in [-0.39, 0.29) is 0 Å². The van der Waals surface area contributed by atoms with Crippen LogP contribution in [0.4, 0.5) is 0 Å². The van der Waals surface area contributed by atoms with Gasteiger partial charge in [-0.1, -0.05) is 6.42 Å². The molecule has 0 aromatic carbocycles. The molecule has 0 spiro atoms.